The molecule has 0 bridgehead atoms. The third kappa shape index (κ3) is 7.36. The summed E-state index contributed by atoms with van der Waals surface area (Å²) < 4.78 is 55.2. The first kappa shape index (κ1) is 29.7. The van der Waals surface area contributed by atoms with Crippen molar-refractivity contribution < 1.29 is 32.2 Å². The van der Waals surface area contributed by atoms with Gasteiger partial charge in [-0.05, 0) is 73.4 Å². The first-order valence-electron chi connectivity index (χ1n) is 11.7. The van der Waals surface area contributed by atoms with Crippen molar-refractivity contribution in [2.45, 2.75) is 36.8 Å². The number of aliphatic hydroxyl groups is 1. The van der Waals surface area contributed by atoms with E-state index in [0.29, 0.717) is 17.5 Å². The zero-order chi connectivity index (χ0) is 28.3. The van der Waals surface area contributed by atoms with Gasteiger partial charge in [-0.15, -0.1) is 0 Å². The molecule has 1 atom stereocenters. The quantitative estimate of drug-likeness (QED) is 0.314. The average Bonchev–Trinajstić information content (AvgIpc) is 2.84. The third-order valence-corrected chi connectivity index (χ3v) is 8.12. The predicted octanol–water partition coefficient (Wildman–Crippen LogP) is 4.58. The van der Waals surface area contributed by atoms with Crippen LogP contribution in [0.15, 0.2) is 65.6 Å². The topological polar surface area (TPSA) is 107 Å². The standard InChI is InChI=1S/C27H29ClF2N2O5S/c1-27(2,14-17-7-10-23(28)25(30)11-17)31-15-20(33)16-32(3)38(36,37)21-6-4-5-18(12-21)19-8-9-22(26(34)35)24(29)13-19/h4-13,20,31,33H,14-16H2,1-3H3,(H,34,35)/t20-/m1/s1. The molecule has 0 amide bonds. The second kappa shape index (κ2) is 11.9. The molecule has 0 aliphatic carbocycles. The Kier molecular flexibility index (Phi) is 9.27. The molecule has 3 aromatic carbocycles. The Balaban J connectivity index is 1.66. The Morgan fingerprint density at radius 1 is 1.05 bits per heavy atom. The summed E-state index contributed by atoms with van der Waals surface area (Å²) in [5.41, 5.74) is 0.412. The number of rotatable bonds is 11. The minimum Gasteiger partial charge on any atom is -0.478 e. The molecule has 0 aliphatic heterocycles. The van der Waals surface area contributed by atoms with E-state index >= 15 is 0 Å². The second-order valence-corrected chi connectivity index (χ2v) is 12.1. The van der Waals surface area contributed by atoms with Gasteiger partial charge in [-0.25, -0.2) is 22.0 Å². The van der Waals surface area contributed by atoms with Crippen LogP contribution in [0.2, 0.25) is 5.02 Å². The van der Waals surface area contributed by atoms with Gasteiger partial charge in [0.25, 0.3) is 0 Å². The largest absolute Gasteiger partial charge is 0.478 e. The van der Waals surface area contributed by atoms with Gasteiger partial charge in [-0.3, -0.25) is 0 Å². The summed E-state index contributed by atoms with van der Waals surface area (Å²) in [5, 5.41) is 22.8. The van der Waals surface area contributed by atoms with Crippen molar-refractivity contribution in [3.63, 3.8) is 0 Å². The number of carbonyl (C=O) groups is 1. The molecular formula is C27H29ClF2N2O5S. The van der Waals surface area contributed by atoms with Crippen LogP contribution in [-0.4, -0.2) is 60.7 Å². The molecule has 0 aromatic heterocycles. The van der Waals surface area contributed by atoms with Gasteiger partial charge in [-0.2, -0.15) is 4.31 Å². The number of aromatic carboxylic acids is 1. The lowest BCUT2D eigenvalue weighted by molar-refractivity contribution is 0.0692. The number of halogens is 3. The van der Waals surface area contributed by atoms with E-state index in [0.717, 1.165) is 22.0 Å². The fourth-order valence-corrected chi connectivity index (χ4v) is 5.33. The predicted molar refractivity (Wildman–Crippen MR) is 142 cm³/mol. The number of hydrogen-bond acceptors (Lipinski definition) is 5. The number of hydrogen-bond donors (Lipinski definition) is 3. The molecule has 3 N–H and O–H groups in total. The molecule has 0 fully saturated rings. The third-order valence-electron chi connectivity index (χ3n) is 5.99. The maximum atomic E-state index is 14.1. The smallest absolute Gasteiger partial charge is 0.338 e. The number of benzene rings is 3. The van der Waals surface area contributed by atoms with Crippen molar-refractivity contribution in [2.75, 3.05) is 20.1 Å². The number of likely N-dealkylation sites (N-methyl/N-ethyl adjacent to an activating group) is 1. The van der Waals surface area contributed by atoms with Crippen LogP contribution in [0.3, 0.4) is 0 Å². The first-order valence-corrected chi connectivity index (χ1v) is 13.5. The summed E-state index contributed by atoms with van der Waals surface area (Å²) in [6.45, 7) is 3.64. The minimum atomic E-state index is -4.00. The molecule has 204 valence electrons. The monoisotopic (exact) mass is 566 g/mol. The SMILES string of the molecule is CN(C[C@H](O)CNC(C)(C)Cc1ccc(Cl)c(F)c1)S(=O)(=O)c1cccc(-c2ccc(C(=O)O)c(F)c2)c1. The van der Waals surface area contributed by atoms with E-state index in [1.165, 1.54) is 43.4 Å². The van der Waals surface area contributed by atoms with Crippen LogP contribution >= 0.6 is 11.6 Å². The molecule has 0 saturated heterocycles. The average molecular weight is 567 g/mol. The summed E-state index contributed by atoms with van der Waals surface area (Å²) in [4.78, 5) is 11.0. The van der Waals surface area contributed by atoms with Crippen LogP contribution in [0.5, 0.6) is 0 Å². The Morgan fingerprint density at radius 3 is 2.37 bits per heavy atom. The highest BCUT2D eigenvalue weighted by atomic mass is 35.5. The van der Waals surface area contributed by atoms with Gasteiger partial charge in [-0.1, -0.05) is 35.9 Å². The minimum absolute atomic E-state index is 0.0352. The molecule has 3 aromatic rings. The molecule has 0 spiro atoms. The summed E-state index contributed by atoms with van der Waals surface area (Å²) >= 11 is 5.73. The van der Waals surface area contributed by atoms with Gasteiger partial charge in [0, 0.05) is 25.7 Å². The van der Waals surface area contributed by atoms with E-state index in [1.54, 1.807) is 12.1 Å². The Labute approximate surface area is 225 Å². The first-order chi connectivity index (χ1) is 17.7. The van der Waals surface area contributed by atoms with Crippen molar-refractivity contribution in [1.82, 2.24) is 9.62 Å². The van der Waals surface area contributed by atoms with Gasteiger partial charge in [0.1, 0.15) is 11.6 Å². The van der Waals surface area contributed by atoms with E-state index in [1.807, 2.05) is 13.8 Å². The maximum absolute atomic E-state index is 14.1. The van der Waals surface area contributed by atoms with Crippen molar-refractivity contribution in [3.8, 4) is 11.1 Å². The molecule has 38 heavy (non-hydrogen) atoms. The Bertz CT molecular complexity index is 1430. The highest BCUT2D eigenvalue weighted by Gasteiger charge is 2.25. The van der Waals surface area contributed by atoms with Crippen molar-refractivity contribution in [2.24, 2.45) is 0 Å². The van der Waals surface area contributed by atoms with Crippen molar-refractivity contribution in [3.05, 3.63) is 88.4 Å². The Hall–Kier alpha value is -2.89. The molecule has 0 aliphatic rings. The van der Waals surface area contributed by atoms with Crippen LogP contribution in [0.4, 0.5) is 8.78 Å². The number of carboxylic acid groups (broad SMARTS) is 1. The number of nitrogens with zero attached hydrogens (tertiary/aromatic N) is 1. The van der Waals surface area contributed by atoms with Gasteiger partial charge in [0.15, 0.2) is 0 Å². The fraction of sp³-hybridized carbons (Fsp3) is 0.296. The summed E-state index contributed by atoms with van der Waals surface area (Å²) in [5.74, 6) is -2.85. The van der Waals surface area contributed by atoms with E-state index < -0.39 is 44.8 Å². The van der Waals surface area contributed by atoms with Crippen molar-refractivity contribution >= 4 is 27.6 Å². The summed E-state index contributed by atoms with van der Waals surface area (Å²) in [7, 11) is -2.66. The molecule has 0 saturated carbocycles. The second-order valence-electron chi connectivity index (χ2n) is 9.66. The molecule has 0 heterocycles. The van der Waals surface area contributed by atoms with Crippen LogP contribution in [0.25, 0.3) is 11.1 Å². The number of β-amino-alcohol motifs (C(OH)–C–C–N with tert-alkyl or cyclic N) is 1. The molecule has 0 unspecified atom stereocenters. The zero-order valence-corrected chi connectivity index (χ0v) is 22.7. The molecule has 7 nitrogen and oxygen atoms in total. The molecule has 0 radical (unpaired) electrons. The Morgan fingerprint density at radius 2 is 1.74 bits per heavy atom. The molecule has 3 rings (SSSR count). The lowest BCUT2D eigenvalue weighted by Gasteiger charge is -2.29. The van der Waals surface area contributed by atoms with Gasteiger partial charge in [0.05, 0.1) is 21.6 Å². The molecule has 11 heteroatoms. The summed E-state index contributed by atoms with van der Waals surface area (Å²) in [6.07, 6.45) is -0.597. The van der Waals surface area contributed by atoms with E-state index in [9.17, 15) is 27.1 Å². The number of sulfonamides is 1. The normalized spacial score (nSPS) is 13.1. The van der Waals surface area contributed by atoms with Gasteiger partial charge < -0.3 is 15.5 Å². The lowest BCUT2D eigenvalue weighted by Crippen LogP contribution is -2.47. The van der Waals surface area contributed by atoms with Crippen LogP contribution < -0.4 is 5.32 Å². The highest BCUT2D eigenvalue weighted by molar-refractivity contribution is 7.89. The van der Waals surface area contributed by atoms with Crippen molar-refractivity contribution in [1.29, 1.82) is 0 Å². The van der Waals surface area contributed by atoms with Crippen LogP contribution in [0, 0.1) is 11.6 Å². The van der Waals surface area contributed by atoms with E-state index in [-0.39, 0.29) is 23.0 Å². The number of aliphatic hydroxyl groups excluding tert-OH is 1. The number of carboxylic acids is 1. The van der Waals surface area contributed by atoms with Crippen LogP contribution in [-0.2, 0) is 16.4 Å². The van der Waals surface area contributed by atoms with E-state index in [2.05, 4.69) is 5.32 Å². The van der Waals surface area contributed by atoms with Gasteiger partial charge >= 0.3 is 5.97 Å². The fourth-order valence-electron chi connectivity index (χ4n) is 3.96. The van der Waals surface area contributed by atoms with E-state index in [4.69, 9.17) is 16.7 Å². The maximum Gasteiger partial charge on any atom is 0.338 e. The highest BCUT2D eigenvalue weighted by Crippen LogP contribution is 2.26. The van der Waals surface area contributed by atoms with Gasteiger partial charge in [0.2, 0.25) is 10.0 Å². The number of nitrogens with one attached hydrogen (secondary N) is 1. The zero-order valence-electron chi connectivity index (χ0n) is 21.1. The lowest BCUT2D eigenvalue weighted by atomic mass is 9.94. The molecular weight excluding hydrogens is 538 g/mol. The van der Waals surface area contributed by atoms with Crippen LogP contribution in [0.1, 0.15) is 29.8 Å². The summed E-state index contributed by atoms with van der Waals surface area (Å²) in [6, 6.07) is 13.9.